The van der Waals surface area contributed by atoms with Gasteiger partial charge in [0.05, 0.1) is 0 Å². The van der Waals surface area contributed by atoms with Gasteiger partial charge in [-0.25, -0.2) is 0 Å². The third-order valence-electron chi connectivity index (χ3n) is 3.46. The summed E-state index contributed by atoms with van der Waals surface area (Å²) in [5, 5.41) is 0. The molecule has 0 radical (unpaired) electrons. The van der Waals surface area contributed by atoms with Gasteiger partial charge >= 0.3 is 0 Å². The van der Waals surface area contributed by atoms with Crippen LogP contribution in [0.4, 0.5) is 0 Å². The van der Waals surface area contributed by atoms with E-state index in [2.05, 4.69) is 12.2 Å². The van der Waals surface area contributed by atoms with Gasteiger partial charge < -0.3 is 19.9 Å². The van der Waals surface area contributed by atoms with Crippen LogP contribution in [0.1, 0.15) is 24.8 Å². The lowest BCUT2D eigenvalue weighted by molar-refractivity contribution is 0.173. The van der Waals surface area contributed by atoms with Crippen molar-refractivity contribution in [1.29, 1.82) is 0 Å². The standard InChI is InChI=1S/C15H19NO3/c16-7-6-11-8-14-15(18-10-17-14)9-13(11)19-12-4-2-1-3-5-12/h2,4,8-9,12H,1,3,5-7,10,16H2. The van der Waals surface area contributed by atoms with E-state index < -0.39 is 0 Å². The van der Waals surface area contributed by atoms with Gasteiger partial charge in [0.15, 0.2) is 11.5 Å². The molecule has 2 N–H and O–H groups in total. The van der Waals surface area contributed by atoms with Gasteiger partial charge in [0.1, 0.15) is 11.9 Å². The molecule has 4 heteroatoms. The minimum Gasteiger partial charge on any atom is -0.486 e. The van der Waals surface area contributed by atoms with Crippen molar-refractivity contribution in [1.82, 2.24) is 0 Å². The molecule has 1 aromatic carbocycles. The molecule has 102 valence electrons. The molecule has 19 heavy (non-hydrogen) atoms. The van der Waals surface area contributed by atoms with Gasteiger partial charge in [0.25, 0.3) is 0 Å². The molecule has 0 saturated heterocycles. The Hall–Kier alpha value is -1.68. The Kier molecular flexibility index (Phi) is 3.60. The second-order valence-corrected chi connectivity index (χ2v) is 4.87. The first-order chi connectivity index (χ1) is 9.36. The zero-order chi connectivity index (χ0) is 13.1. The second-order valence-electron chi connectivity index (χ2n) is 4.87. The lowest BCUT2D eigenvalue weighted by atomic mass is 10.0. The van der Waals surface area contributed by atoms with Gasteiger partial charge in [-0.05, 0) is 49.9 Å². The monoisotopic (exact) mass is 261 g/mol. The van der Waals surface area contributed by atoms with E-state index in [1.54, 1.807) is 0 Å². The van der Waals surface area contributed by atoms with Crippen molar-refractivity contribution in [3.63, 3.8) is 0 Å². The Bertz CT molecular complexity index is 485. The number of ether oxygens (including phenoxy) is 3. The van der Waals surface area contributed by atoms with Crippen molar-refractivity contribution >= 4 is 0 Å². The van der Waals surface area contributed by atoms with E-state index in [4.69, 9.17) is 19.9 Å². The van der Waals surface area contributed by atoms with Gasteiger partial charge in [-0.1, -0.05) is 6.08 Å². The molecular weight excluding hydrogens is 242 g/mol. The van der Waals surface area contributed by atoms with E-state index in [9.17, 15) is 0 Å². The van der Waals surface area contributed by atoms with Gasteiger partial charge in [0, 0.05) is 6.07 Å². The molecule has 0 amide bonds. The summed E-state index contributed by atoms with van der Waals surface area (Å²) in [5.41, 5.74) is 6.75. The first-order valence-corrected chi connectivity index (χ1v) is 6.83. The highest BCUT2D eigenvalue weighted by Gasteiger charge is 2.19. The molecule has 1 unspecified atom stereocenters. The fourth-order valence-corrected chi connectivity index (χ4v) is 2.47. The summed E-state index contributed by atoms with van der Waals surface area (Å²) in [5.74, 6) is 2.41. The van der Waals surface area contributed by atoms with Gasteiger partial charge in [-0.15, -0.1) is 0 Å². The highest BCUT2D eigenvalue weighted by molar-refractivity contribution is 5.52. The minimum atomic E-state index is 0.158. The SMILES string of the molecule is NCCc1cc2c(cc1OC1C=CCCC1)OCO2. The molecule has 0 spiro atoms. The first kappa shape index (κ1) is 12.4. The van der Waals surface area contributed by atoms with Crippen LogP contribution in [0.2, 0.25) is 0 Å². The Labute approximate surface area is 113 Å². The molecule has 0 fully saturated rings. The molecule has 3 rings (SSSR count). The van der Waals surface area contributed by atoms with E-state index in [1.807, 2.05) is 12.1 Å². The molecule has 0 saturated carbocycles. The number of allylic oxidation sites excluding steroid dienone is 1. The Morgan fingerprint density at radius 1 is 1.26 bits per heavy atom. The summed E-state index contributed by atoms with van der Waals surface area (Å²) in [6.07, 6.45) is 8.65. The van der Waals surface area contributed by atoms with Gasteiger partial charge in [-0.2, -0.15) is 0 Å². The molecule has 1 atom stereocenters. The van der Waals surface area contributed by atoms with Crippen LogP contribution in [0.5, 0.6) is 17.2 Å². The molecule has 1 aromatic rings. The fraction of sp³-hybridized carbons (Fsp3) is 0.467. The average molecular weight is 261 g/mol. The first-order valence-electron chi connectivity index (χ1n) is 6.83. The zero-order valence-electron chi connectivity index (χ0n) is 10.9. The van der Waals surface area contributed by atoms with Crippen LogP contribution in [0.3, 0.4) is 0 Å². The Balaban J connectivity index is 1.85. The Morgan fingerprint density at radius 3 is 2.84 bits per heavy atom. The number of rotatable bonds is 4. The topological polar surface area (TPSA) is 53.7 Å². The third-order valence-corrected chi connectivity index (χ3v) is 3.46. The van der Waals surface area contributed by atoms with Crippen LogP contribution >= 0.6 is 0 Å². The summed E-state index contributed by atoms with van der Waals surface area (Å²) in [6, 6.07) is 3.91. The maximum Gasteiger partial charge on any atom is 0.231 e. The maximum atomic E-state index is 6.09. The quantitative estimate of drug-likeness (QED) is 0.846. The minimum absolute atomic E-state index is 0.158. The number of benzene rings is 1. The summed E-state index contributed by atoms with van der Waals surface area (Å²) in [7, 11) is 0. The Morgan fingerprint density at radius 2 is 2.11 bits per heavy atom. The average Bonchev–Trinajstić information content (AvgIpc) is 2.88. The predicted octanol–water partition coefficient (Wildman–Crippen LogP) is 2.40. The van der Waals surface area contributed by atoms with Crippen LogP contribution in [0.15, 0.2) is 24.3 Å². The number of hydrogen-bond donors (Lipinski definition) is 1. The van der Waals surface area contributed by atoms with E-state index >= 15 is 0 Å². The van der Waals surface area contributed by atoms with Gasteiger partial charge in [-0.3, -0.25) is 0 Å². The van der Waals surface area contributed by atoms with E-state index in [0.29, 0.717) is 6.54 Å². The van der Waals surface area contributed by atoms with Crippen LogP contribution in [0, 0.1) is 0 Å². The molecular formula is C15H19NO3. The van der Waals surface area contributed by atoms with Crippen molar-refractivity contribution in [2.45, 2.75) is 31.8 Å². The number of fused-ring (bicyclic) bond motifs is 1. The third kappa shape index (κ3) is 2.68. The fourth-order valence-electron chi connectivity index (χ4n) is 2.47. The largest absolute Gasteiger partial charge is 0.486 e. The van der Waals surface area contributed by atoms with E-state index in [-0.39, 0.29) is 12.9 Å². The van der Waals surface area contributed by atoms with E-state index in [0.717, 1.165) is 42.1 Å². The summed E-state index contributed by atoms with van der Waals surface area (Å²) >= 11 is 0. The van der Waals surface area contributed by atoms with Crippen molar-refractivity contribution in [2.24, 2.45) is 5.73 Å². The van der Waals surface area contributed by atoms with Gasteiger partial charge in [0.2, 0.25) is 6.79 Å². The zero-order valence-corrected chi connectivity index (χ0v) is 10.9. The number of nitrogens with two attached hydrogens (primary N) is 1. The molecule has 1 heterocycles. The normalized spacial score (nSPS) is 20.6. The van der Waals surface area contributed by atoms with Crippen molar-refractivity contribution in [2.75, 3.05) is 13.3 Å². The van der Waals surface area contributed by atoms with Crippen molar-refractivity contribution in [3.05, 3.63) is 29.8 Å². The summed E-state index contributed by atoms with van der Waals surface area (Å²) in [6.45, 7) is 0.876. The smallest absolute Gasteiger partial charge is 0.231 e. The summed E-state index contributed by atoms with van der Waals surface area (Å²) in [4.78, 5) is 0. The molecule has 0 aromatic heterocycles. The lowest BCUT2D eigenvalue weighted by Gasteiger charge is -2.20. The number of hydrogen-bond acceptors (Lipinski definition) is 4. The highest BCUT2D eigenvalue weighted by Crippen LogP contribution is 2.39. The molecule has 2 aliphatic rings. The predicted molar refractivity (Wildman–Crippen MR) is 72.7 cm³/mol. The molecule has 4 nitrogen and oxygen atoms in total. The van der Waals surface area contributed by atoms with Crippen LogP contribution in [-0.4, -0.2) is 19.4 Å². The second kappa shape index (κ2) is 5.53. The maximum absolute atomic E-state index is 6.09. The molecule has 0 bridgehead atoms. The van der Waals surface area contributed by atoms with E-state index in [1.165, 1.54) is 6.42 Å². The van der Waals surface area contributed by atoms with Crippen molar-refractivity contribution < 1.29 is 14.2 Å². The van der Waals surface area contributed by atoms with Crippen LogP contribution in [-0.2, 0) is 6.42 Å². The molecule has 1 aliphatic heterocycles. The summed E-state index contributed by atoms with van der Waals surface area (Å²) < 4.78 is 16.9. The molecule has 1 aliphatic carbocycles. The lowest BCUT2D eigenvalue weighted by Crippen LogP contribution is -2.17. The van der Waals surface area contributed by atoms with Crippen LogP contribution in [0.25, 0.3) is 0 Å². The highest BCUT2D eigenvalue weighted by atomic mass is 16.7. The van der Waals surface area contributed by atoms with Crippen molar-refractivity contribution in [3.8, 4) is 17.2 Å². The van der Waals surface area contributed by atoms with Crippen LogP contribution < -0.4 is 19.9 Å².